The van der Waals surface area contributed by atoms with Crippen molar-refractivity contribution in [1.29, 1.82) is 0 Å². The normalized spacial score (nSPS) is 14.3. The quantitative estimate of drug-likeness (QED) is 0.482. The summed E-state index contributed by atoms with van der Waals surface area (Å²) in [6.45, 7) is 0.253. The zero-order valence-electron chi connectivity index (χ0n) is 15.6. The number of nitrogens with zero attached hydrogens (tertiary/aromatic N) is 2. The molecule has 3 aromatic rings. The van der Waals surface area contributed by atoms with Crippen LogP contribution in [-0.2, 0) is 17.8 Å². The highest BCUT2D eigenvalue weighted by atomic mass is 32.1. The van der Waals surface area contributed by atoms with Gasteiger partial charge >= 0.3 is 0 Å². The van der Waals surface area contributed by atoms with Crippen LogP contribution in [0.4, 0.5) is 0 Å². The second kappa shape index (κ2) is 8.71. The summed E-state index contributed by atoms with van der Waals surface area (Å²) in [7, 11) is 0. The summed E-state index contributed by atoms with van der Waals surface area (Å²) >= 11 is 6.63. The summed E-state index contributed by atoms with van der Waals surface area (Å²) in [6.07, 6.45) is 2.55. The molecular formula is C20H21N5O2S2. The standard InChI is InChI=1S/C20H21N5O2S2/c26-18(21-12-17-23-24-20(28)25(17)14-8-9-14)15(11-13-5-2-1-3-6-13)22-19(27)16-7-4-10-29-16/h1-7,10,14-15H,8-9,11-12H2,(H,21,26)(H,22,27)(H,24,28). The van der Waals surface area contributed by atoms with Gasteiger partial charge in [0.1, 0.15) is 6.04 Å². The van der Waals surface area contributed by atoms with Crippen LogP contribution in [0, 0.1) is 4.77 Å². The fourth-order valence-electron chi connectivity index (χ4n) is 3.16. The molecule has 2 heterocycles. The number of H-pyrrole nitrogens is 1. The molecule has 2 amide bonds. The highest BCUT2D eigenvalue weighted by Crippen LogP contribution is 2.35. The van der Waals surface area contributed by atoms with E-state index in [1.165, 1.54) is 11.3 Å². The number of nitrogens with one attached hydrogen (secondary N) is 3. The third-order valence-electron chi connectivity index (χ3n) is 4.76. The Morgan fingerprint density at radius 2 is 2.03 bits per heavy atom. The van der Waals surface area contributed by atoms with Gasteiger partial charge in [-0.3, -0.25) is 19.3 Å². The predicted octanol–water partition coefficient (Wildman–Crippen LogP) is 2.99. The van der Waals surface area contributed by atoms with E-state index in [4.69, 9.17) is 12.2 Å². The maximum Gasteiger partial charge on any atom is 0.262 e. The smallest absolute Gasteiger partial charge is 0.262 e. The first-order valence-corrected chi connectivity index (χ1v) is 10.7. The van der Waals surface area contributed by atoms with Gasteiger partial charge in [-0.1, -0.05) is 36.4 Å². The number of rotatable bonds is 8. The minimum Gasteiger partial charge on any atom is -0.347 e. The summed E-state index contributed by atoms with van der Waals surface area (Å²) in [6, 6.07) is 12.9. The molecule has 2 aromatic heterocycles. The van der Waals surface area contributed by atoms with Gasteiger partial charge in [-0.25, -0.2) is 0 Å². The molecule has 7 nitrogen and oxygen atoms in total. The topological polar surface area (TPSA) is 91.8 Å². The highest BCUT2D eigenvalue weighted by molar-refractivity contribution is 7.71. The molecule has 29 heavy (non-hydrogen) atoms. The van der Waals surface area contributed by atoms with Crippen molar-refractivity contribution in [2.24, 2.45) is 0 Å². The van der Waals surface area contributed by atoms with E-state index < -0.39 is 6.04 Å². The van der Waals surface area contributed by atoms with Crippen molar-refractivity contribution in [3.05, 3.63) is 68.9 Å². The highest BCUT2D eigenvalue weighted by Gasteiger charge is 2.28. The Bertz CT molecular complexity index is 1040. The summed E-state index contributed by atoms with van der Waals surface area (Å²) in [5.74, 6) is 0.195. The van der Waals surface area contributed by atoms with Crippen LogP contribution in [0.5, 0.6) is 0 Å². The minimum absolute atomic E-state index is 0.253. The zero-order valence-corrected chi connectivity index (χ0v) is 17.3. The van der Waals surface area contributed by atoms with Gasteiger partial charge in [-0.15, -0.1) is 11.3 Å². The maximum atomic E-state index is 12.9. The van der Waals surface area contributed by atoms with E-state index in [2.05, 4.69) is 20.8 Å². The summed E-state index contributed by atoms with van der Waals surface area (Å²) in [4.78, 5) is 26.0. The first-order chi connectivity index (χ1) is 14.1. The van der Waals surface area contributed by atoms with Crippen molar-refractivity contribution in [2.75, 3.05) is 0 Å². The fraction of sp³-hybridized carbons (Fsp3) is 0.300. The molecule has 0 spiro atoms. The van der Waals surface area contributed by atoms with E-state index in [-0.39, 0.29) is 18.4 Å². The molecule has 1 atom stereocenters. The SMILES string of the molecule is O=C(NC(Cc1ccccc1)C(=O)NCc1n[nH]c(=S)n1C1CC1)c1cccs1. The number of amides is 2. The molecule has 9 heteroatoms. The Balaban J connectivity index is 1.46. The van der Waals surface area contributed by atoms with Crippen LogP contribution >= 0.6 is 23.6 Å². The van der Waals surface area contributed by atoms with E-state index in [1.54, 1.807) is 6.07 Å². The van der Waals surface area contributed by atoms with Crippen LogP contribution in [0.2, 0.25) is 0 Å². The average Bonchev–Trinajstić information content (AvgIpc) is 3.26. The van der Waals surface area contributed by atoms with Gasteiger partial charge in [0.05, 0.1) is 11.4 Å². The Kier molecular flexibility index (Phi) is 5.86. The number of aromatic nitrogens is 3. The first-order valence-electron chi connectivity index (χ1n) is 9.43. The molecule has 0 bridgehead atoms. The molecule has 1 aliphatic rings. The third kappa shape index (κ3) is 4.80. The average molecular weight is 428 g/mol. The zero-order chi connectivity index (χ0) is 20.2. The third-order valence-corrected chi connectivity index (χ3v) is 5.92. The molecule has 150 valence electrons. The van der Waals surface area contributed by atoms with Crippen LogP contribution in [0.15, 0.2) is 47.8 Å². The van der Waals surface area contributed by atoms with Gasteiger partial charge in [0, 0.05) is 12.5 Å². The van der Waals surface area contributed by atoms with Crippen LogP contribution in [0.1, 0.15) is 39.9 Å². The second-order valence-electron chi connectivity index (χ2n) is 6.96. The molecule has 1 aromatic carbocycles. The van der Waals surface area contributed by atoms with E-state index >= 15 is 0 Å². The Morgan fingerprint density at radius 1 is 1.24 bits per heavy atom. The molecule has 1 fully saturated rings. The molecular weight excluding hydrogens is 406 g/mol. The van der Waals surface area contributed by atoms with Crippen molar-refractivity contribution in [3.63, 3.8) is 0 Å². The number of thiophene rings is 1. The molecule has 4 rings (SSSR count). The number of carbonyl (C=O) groups excluding carboxylic acids is 2. The molecule has 1 aliphatic carbocycles. The Hall–Kier alpha value is -2.78. The summed E-state index contributed by atoms with van der Waals surface area (Å²) in [5, 5.41) is 14.6. The van der Waals surface area contributed by atoms with Gasteiger partial charge < -0.3 is 10.6 Å². The van der Waals surface area contributed by atoms with E-state index in [1.807, 2.05) is 46.3 Å². The van der Waals surface area contributed by atoms with Crippen molar-refractivity contribution in [3.8, 4) is 0 Å². The van der Waals surface area contributed by atoms with Crippen molar-refractivity contribution >= 4 is 35.4 Å². The lowest BCUT2D eigenvalue weighted by Gasteiger charge is -2.18. The second-order valence-corrected chi connectivity index (χ2v) is 8.29. The number of carbonyl (C=O) groups is 2. The van der Waals surface area contributed by atoms with Crippen molar-refractivity contribution < 1.29 is 9.59 Å². The van der Waals surface area contributed by atoms with E-state index in [9.17, 15) is 9.59 Å². The number of hydrogen-bond acceptors (Lipinski definition) is 5. The summed E-state index contributed by atoms with van der Waals surface area (Å²) in [5.41, 5.74) is 0.972. The minimum atomic E-state index is -0.691. The first kappa shape index (κ1) is 19.5. The van der Waals surface area contributed by atoms with Crippen LogP contribution in [-0.4, -0.2) is 32.6 Å². The number of hydrogen-bond donors (Lipinski definition) is 3. The number of aromatic amines is 1. The van der Waals surface area contributed by atoms with E-state index in [0.29, 0.717) is 27.9 Å². The predicted molar refractivity (Wildman–Crippen MR) is 113 cm³/mol. The number of benzene rings is 1. The molecule has 3 N–H and O–H groups in total. The lowest BCUT2D eigenvalue weighted by molar-refractivity contribution is -0.123. The van der Waals surface area contributed by atoms with Crippen LogP contribution < -0.4 is 10.6 Å². The molecule has 0 aliphatic heterocycles. The molecule has 1 saturated carbocycles. The lowest BCUT2D eigenvalue weighted by atomic mass is 10.1. The maximum absolute atomic E-state index is 12.9. The monoisotopic (exact) mass is 427 g/mol. The molecule has 0 saturated heterocycles. The van der Waals surface area contributed by atoms with E-state index in [0.717, 1.165) is 18.4 Å². The van der Waals surface area contributed by atoms with Gasteiger partial charge in [0.15, 0.2) is 10.6 Å². The van der Waals surface area contributed by atoms with Gasteiger partial charge in [-0.05, 0) is 42.1 Å². The van der Waals surface area contributed by atoms with Gasteiger partial charge in [0.2, 0.25) is 5.91 Å². The summed E-state index contributed by atoms with van der Waals surface area (Å²) < 4.78 is 2.54. The largest absolute Gasteiger partial charge is 0.347 e. The van der Waals surface area contributed by atoms with Gasteiger partial charge in [0.25, 0.3) is 5.91 Å². The van der Waals surface area contributed by atoms with Crippen LogP contribution in [0.25, 0.3) is 0 Å². The Labute approximate surface area is 177 Å². The fourth-order valence-corrected chi connectivity index (χ4v) is 4.08. The lowest BCUT2D eigenvalue weighted by Crippen LogP contribution is -2.47. The van der Waals surface area contributed by atoms with Crippen molar-refractivity contribution in [1.82, 2.24) is 25.4 Å². The van der Waals surface area contributed by atoms with Crippen molar-refractivity contribution in [2.45, 2.75) is 37.9 Å². The van der Waals surface area contributed by atoms with Gasteiger partial charge in [-0.2, -0.15) is 5.10 Å². The Morgan fingerprint density at radius 3 is 2.72 bits per heavy atom. The molecule has 0 radical (unpaired) electrons. The molecule has 1 unspecified atom stereocenters. The van der Waals surface area contributed by atoms with Crippen LogP contribution in [0.3, 0.4) is 0 Å².